The van der Waals surface area contributed by atoms with Crippen molar-refractivity contribution in [3.8, 4) is 0 Å². The Bertz CT molecular complexity index is 933. The molecule has 5 nitrogen and oxygen atoms in total. The van der Waals surface area contributed by atoms with Crippen LogP contribution in [0.2, 0.25) is 0 Å². The van der Waals surface area contributed by atoms with Gasteiger partial charge in [-0.25, -0.2) is 0 Å². The molecule has 2 aromatic rings. The number of aryl methyl sites for hydroxylation is 1. The highest BCUT2D eigenvalue weighted by Crippen LogP contribution is 2.38. The predicted octanol–water partition coefficient (Wildman–Crippen LogP) is 3.70. The van der Waals surface area contributed by atoms with Crippen LogP contribution in [0.5, 0.6) is 0 Å². The van der Waals surface area contributed by atoms with E-state index in [1.807, 2.05) is 49.1 Å². The van der Waals surface area contributed by atoms with Gasteiger partial charge in [-0.05, 0) is 61.9 Å². The van der Waals surface area contributed by atoms with Gasteiger partial charge < -0.3 is 15.0 Å². The second-order valence-corrected chi connectivity index (χ2v) is 8.18. The SMILES string of the molecule is Cc1c(NC(=O)C2(C)CCCc3ccccc32)cccc1C(=O)N1CCOCC1. The first-order valence-electron chi connectivity index (χ1n) is 10.4. The third kappa shape index (κ3) is 3.67. The fourth-order valence-corrected chi connectivity index (χ4v) is 4.48. The van der Waals surface area contributed by atoms with Crippen molar-refractivity contribution in [1.29, 1.82) is 0 Å². The maximum absolute atomic E-state index is 13.4. The van der Waals surface area contributed by atoms with Crippen LogP contribution in [0.1, 0.15) is 46.8 Å². The van der Waals surface area contributed by atoms with Crippen molar-refractivity contribution in [2.45, 2.75) is 38.5 Å². The van der Waals surface area contributed by atoms with Gasteiger partial charge in [0.15, 0.2) is 0 Å². The lowest BCUT2D eigenvalue weighted by Gasteiger charge is -2.35. The summed E-state index contributed by atoms with van der Waals surface area (Å²) in [6, 6.07) is 13.8. The second kappa shape index (κ2) is 7.99. The molecule has 0 bridgehead atoms. The molecule has 4 rings (SSSR count). The molecule has 2 aromatic carbocycles. The lowest BCUT2D eigenvalue weighted by molar-refractivity contribution is -0.121. The number of nitrogens with zero attached hydrogens (tertiary/aromatic N) is 1. The van der Waals surface area contributed by atoms with Crippen molar-refractivity contribution in [2.75, 3.05) is 31.6 Å². The predicted molar refractivity (Wildman–Crippen MR) is 113 cm³/mol. The summed E-state index contributed by atoms with van der Waals surface area (Å²) in [6.45, 7) is 6.27. The number of carbonyl (C=O) groups excluding carboxylic acids is 2. The molecule has 1 N–H and O–H groups in total. The highest BCUT2D eigenvalue weighted by Gasteiger charge is 2.39. The molecule has 0 spiro atoms. The van der Waals surface area contributed by atoms with Crippen molar-refractivity contribution >= 4 is 17.5 Å². The number of rotatable bonds is 3. The number of morpholine rings is 1. The first kappa shape index (κ1) is 19.6. The van der Waals surface area contributed by atoms with Gasteiger partial charge in [0.25, 0.3) is 5.91 Å². The Labute approximate surface area is 172 Å². The number of nitrogens with one attached hydrogen (secondary N) is 1. The summed E-state index contributed by atoms with van der Waals surface area (Å²) in [5.74, 6) is -0.0140. The van der Waals surface area contributed by atoms with Gasteiger partial charge in [0.2, 0.25) is 5.91 Å². The number of benzene rings is 2. The molecular weight excluding hydrogens is 364 g/mol. The summed E-state index contributed by atoms with van der Waals surface area (Å²) in [7, 11) is 0. The van der Waals surface area contributed by atoms with Crippen molar-refractivity contribution in [3.05, 3.63) is 64.7 Å². The number of anilines is 1. The van der Waals surface area contributed by atoms with E-state index in [-0.39, 0.29) is 11.8 Å². The lowest BCUT2D eigenvalue weighted by atomic mass is 9.70. The minimum atomic E-state index is -0.564. The molecule has 1 heterocycles. The lowest BCUT2D eigenvalue weighted by Crippen LogP contribution is -2.41. The summed E-state index contributed by atoms with van der Waals surface area (Å²) in [4.78, 5) is 28.1. The average molecular weight is 392 g/mol. The normalized spacial score (nSPS) is 21.4. The van der Waals surface area contributed by atoms with E-state index in [1.165, 1.54) is 5.56 Å². The molecule has 1 aliphatic carbocycles. The van der Waals surface area contributed by atoms with E-state index < -0.39 is 5.41 Å². The average Bonchev–Trinajstić information content (AvgIpc) is 2.75. The maximum atomic E-state index is 13.4. The van der Waals surface area contributed by atoms with Crippen LogP contribution in [0.25, 0.3) is 0 Å². The zero-order chi connectivity index (χ0) is 20.4. The van der Waals surface area contributed by atoms with Crippen LogP contribution < -0.4 is 5.32 Å². The number of hydrogen-bond acceptors (Lipinski definition) is 3. The van der Waals surface area contributed by atoms with Crippen molar-refractivity contribution in [2.24, 2.45) is 0 Å². The topological polar surface area (TPSA) is 58.6 Å². The van der Waals surface area contributed by atoms with Crippen LogP contribution in [0.4, 0.5) is 5.69 Å². The van der Waals surface area contributed by atoms with E-state index in [1.54, 1.807) is 0 Å². The molecule has 0 aromatic heterocycles. The van der Waals surface area contributed by atoms with Crippen LogP contribution in [0.3, 0.4) is 0 Å². The molecule has 152 valence electrons. The number of hydrogen-bond donors (Lipinski definition) is 1. The second-order valence-electron chi connectivity index (χ2n) is 8.18. The zero-order valence-electron chi connectivity index (χ0n) is 17.2. The molecule has 1 unspecified atom stereocenters. The van der Waals surface area contributed by atoms with E-state index in [4.69, 9.17) is 4.74 Å². The first-order chi connectivity index (χ1) is 14.0. The van der Waals surface area contributed by atoms with E-state index in [0.717, 1.165) is 30.4 Å². The molecule has 2 amide bonds. The van der Waals surface area contributed by atoms with E-state index in [9.17, 15) is 9.59 Å². The van der Waals surface area contributed by atoms with Gasteiger partial charge in [0.1, 0.15) is 0 Å². The molecule has 1 aliphatic heterocycles. The summed E-state index contributed by atoms with van der Waals surface area (Å²) in [5, 5.41) is 3.13. The van der Waals surface area contributed by atoms with Gasteiger partial charge in [0, 0.05) is 24.3 Å². The Hall–Kier alpha value is -2.66. The summed E-state index contributed by atoms with van der Waals surface area (Å²) in [5.41, 5.74) is 3.96. The third-order valence-corrected chi connectivity index (χ3v) is 6.35. The fraction of sp³-hybridized carbons (Fsp3) is 0.417. The summed E-state index contributed by atoms with van der Waals surface area (Å²) >= 11 is 0. The highest BCUT2D eigenvalue weighted by atomic mass is 16.5. The first-order valence-corrected chi connectivity index (χ1v) is 10.4. The number of amides is 2. The van der Waals surface area contributed by atoms with E-state index >= 15 is 0 Å². The van der Waals surface area contributed by atoms with E-state index in [2.05, 4.69) is 17.4 Å². The van der Waals surface area contributed by atoms with Gasteiger partial charge in [-0.1, -0.05) is 30.3 Å². The maximum Gasteiger partial charge on any atom is 0.254 e. The summed E-state index contributed by atoms with van der Waals surface area (Å²) < 4.78 is 5.35. The van der Waals surface area contributed by atoms with E-state index in [0.29, 0.717) is 37.6 Å². The van der Waals surface area contributed by atoms with Crippen molar-refractivity contribution in [1.82, 2.24) is 4.90 Å². The van der Waals surface area contributed by atoms with Crippen LogP contribution in [-0.2, 0) is 21.4 Å². The molecule has 1 saturated heterocycles. The molecule has 29 heavy (non-hydrogen) atoms. The van der Waals surface area contributed by atoms with Crippen molar-refractivity contribution in [3.63, 3.8) is 0 Å². The van der Waals surface area contributed by atoms with Crippen LogP contribution in [0, 0.1) is 6.92 Å². The zero-order valence-corrected chi connectivity index (χ0v) is 17.2. The minimum absolute atomic E-state index is 0.00359. The van der Waals surface area contributed by atoms with Gasteiger partial charge in [-0.3, -0.25) is 9.59 Å². The Morgan fingerprint density at radius 1 is 1.07 bits per heavy atom. The van der Waals surface area contributed by atoms with Gasteiger partial charge in [-0.2, -0.15) is 0 Å². The fourth-order valence-electron chi connectivity index (χ4n) is 4.48. The highest BCUT2D eigenvalue weighted by molar-refractivity contribution is 6.02. The number of fused-ring (bicyclic) bond motifs is 1. The minimum Gasteiger partial charge on any atom is -0.378 e. The molecule has 1 atom stereocenters. The molecule has 2 aliphatic rings. The third-order valence-electron chi connectivity index (χ3n) is 6.35. The number of ether oxygens (including phenoxy) is 1. The Balaban J connectivity index is 1.59. The summed E-state index contributed by atoms with van der Waals surface area (Å²) in [6.07, 6.45) is 2.83. The van der Waals surface area contributed by atoms with Crippen LogP contribution >= 0.6 is 0 Å². The van der Waals surface area contributed by atoms with Gasteiger partial charge in [-0.15, -0.1) is 0 Å². The molecule has 0 radical (unpaired) electrons. The quantitative estimate of drug-likeness (QED) is 0.867. The van der Waals surface area contributed by atoms with Crippen LogP contribution in [0.15, 0.2) is 42.5 Å². The molecule has 0 saturated carbocycles. The standard InChI is InChI=1S/C24H28N2O3/c1-17-19(22(27)26-13-15-29-16-14-26)9-5-11-21(17)25-23(28)24(2)12-6-8-18-7-3-4-10-20(18)24/h3-5,7,9-11H,6,8,12-16H2,1-2H3,(H,25,28). The Morgan fingerprint density at radius 3 is 2.62 bits per heavy atom. The number of carbonyl (C=O) groups is 2. The molecule has 1 fully saturated rings. The van der Waals surface area contributed by atoms with Crippen LogP contribution in [-0.4, -0.2) is 43.0 Å². The monoisotopic (exact) mass is 392 g/mol. The van der Waals surface area contributed by atoms with Gasteiger partial charge in [0.05, 0.1) is 18.6 Å². The Kier molecular flexibility index (Phi) is 5.41. The largest absolute Gasteiger partial charge is 0.378 e. The van der Waals surface area contributed by atoms with Crippen molar-refractivity contribution < 1.29 is 14.3 Å². The molecular formula is C24H28N2O3. The van der Waals surface area contributed by atoms with Gasteiger partial charge >= 0.3 is 0 Å². The Morgan fingerprint density at radius 2 is 1.83 bits per heavy atom. The smallest absolute Gasteiger partial charge is 0.254 e. The molecule has 5 heteroatoms.